The molecule has 0 radical (unpaired) electrons. The molecule has 0 atom stereocenters. The molecule has 1 aliphatic carbocycles. The van der Waals surface area contributed by atoms with Crippen molar-refractivity contribution >= 4 is 5.69 Å². The number of hydrogen-bond acceptors (Lipinski definition) is 1. The molecule has 0 heterocycles. The highest BCUT2D eigenvalue weighted by atomic mass is 14.6. The van der Waals surface area contributed by atoms with Crippen molar-refractivity contribution in [2.45, 2.75) is 77.6 Å². The summed E-state index contributed by atoms with van der Waals surface area (Å²) in [5.41, 5.74) is 12.7. The van der Waals surface area contributed by atoms with Crippen molar-refractivity contribution in [2.24, 2.45) is 5.92 Å². The molecule has 26 heavy (non-hydrogen) atoms. The average molecular weight is 350 g/mol. The monoisotopic (exact) mass is 349 g/mol. The van der Waals surface area contributed by atoms with E-state index in [0.717, 1.165) is 36.8 Å². The van der Waals surface area contributed by atoms with Crippen LogP contribution in [0.4, 0.5) is 5.69 Å². The molecule has 0 bridgehead atoms. The molecule has 1 saturated carbocycles. The summed E-state index contributed by atoms with van der Waals surface area (Å²) in [7, 11) is 0. The van der Waals surface area contributed by atoms with Crippen molar-refractivity contribution in [3.8, 4) is 0 Å². The van der Waals surface area contributed by atoms with E-state index in [0.29, 0.717) is 0 Å². The van der Waals surface area contributed by atoms with Gasteiger partial charge in [-0.05, 0) is 78.7 Å². The normalized spacial score (nSPS) is 20.2. The van der Waals surface area contributed by atoms with Gasteiger partial charge in [-0.3, -0.25) is 0 Å². The number of benzene rings is 2. The first-order chi connectivity index (χ1) is 12.7. The topological polar surface area (TPSA) is 26.0 Å². The summed E-state index contributed by atoms with van der Waals surface area (Å²) in [6, 6.07) is 16.0. The van der Waals surface area contributed by atoms with Crippen LogP contribution in [0, 0.1) is 5.92 Å². The molecule has 1 nitrogen and oxygen atoms in total. The minimum atomic E-state index is 0.782. The van der Waals surface area contributed by atoms with Crippen molar-refractivity contribution in [1.82, 2.24) is 0 Å². The molecule has 0 unspecified atom stereocenters. The zero-order chi connectivity index (χ0) is 18.4. The maximum absolute atomic E-state index is 6.10. The van der Waals surface area contributed by atoms with E-state index in [1.165, 1.54) is 55.2 Å². The van der Waals surface area contributed by atoms with E-state index < -0.39 is 0 Å². The van der Waals surface area contributed by atoms with Gasteiger partial charge in [-0.1, -0.05) is 69.5 Å². The van der Waals surface area contributed by atoms with Crippen LogP contribution in [0.15, 0.2) is 42.5 Å². The molecule has 1 aliphatic rings. The van der Waals surface area contributed by atoms with Gasteiger partial charge >= 0.3 is 0 Å². The predicted molar refractivity (Wildman–Crippen MR) is 114 cm³/mol. The van der Waals surface area contributed by atoms with Crippen LogP contribution >= 0.6 is 0 Å². The second kappa shape index (κ2) is 9.26. The molecular weight excluding hydrogens is 314 g/mol. The minimum absolute atomic E-state index is 0.782. The van der Waals surface area contributed by atoms with Gasteiger partial charge in [0.2, 0.25) is 0 Å². The summed E-state index contributed by atoms with van der Waals surface area (Å²) >= 11 is 0. The predicted octanol–water partition coefficient (Wildman–Crippen LogP) is 6.89. The van der Waals surface area contributed by atoms with Gasteiger partial charge in [0.25, 0.3) is 0 Å². The van der Waals surface area contributed by atoms with E-state index in [2.05, 4.69) is 56.3 Å². The zero-order valence-electron chi connectivity index (χ0n) is 16.6. The summed E-state index contributed by atoms with van der Waals surface area (Å²) in [6.45, 7) is 4.53. The lowest BCUT2D eigenvalue weighted by molar-refractivity contribution is 0.308. The molecule has 0 aliphatic heterocycles. The van der Waals surface area contributed by atoms with Crippen LogP contribution in [0.5, 0.6) is 0 Å². The second-order valence-corrected chi connectivity index (χ2v) is 8.21. The molecule has 0 aromatic heterocycles. The fraction of sp³-hybridized carbons (Fsp3) is 0.520. The number of rotatable bonds is 7. The number of anilines is 1. The van der Waals surface area contributed by atoms with Gasteiger partial charge in [-0.2, -0.15) is 0 Å². The van der Waals surface area contributed by atoms with Crippen LogP contribution < -0.4 is 5.73 Å². The number of aryl methyl sites for hydroxylation is 1. The summed E-state index contributed by atoms with van der Waals surface area (Å²) in [5, 5.41) is 0. The Morgan fingerprint density at radius 2 is 1.54 bits per heavy atom. The van der Waals surface area contributed by atoms with Crippen molar-refractivity contribution in [1.29, 1.82) is 0 Å². The smallest absolute Gasteiger partial charge is 0.0346 e. The Bertz CT molecular complexity index is 678. The summed E-state index contributed by atoms with van der Waals surface area (Å²) in [4.78, 5) is 0. The number of nitrogens with two attached hydrogens (primary N) is 1. The fourth-order valence-electron chi connectivity index (χ4n) is 4.59. The van der Waals surface area contributed by atoms with Gasteiger partial charge in [-0.15, -0.1) is 0 Å². The lowest BCUT2D eigenvalue weighted by Crippen LogP contribution is -2.13. The quantitative estimate of drug-likeness (QED) is 0.541. The van der Waals surface area contributed by atoms with E-state index in [1.807, 2.05) is 0 Å². The van der Waals surface area contributed by atoms with E-state index in [4.69, 9.17) is 5.73 Å². The van der Waals surface area contributed by atoms with E-state index in [-0.39, 0.29) is 0 Å². The van der Waals surface area contributed by atoms with Gasteiger partial charge in [0, 0.05) is 5.69 Å². The lowest BCUT2D eigenvalue weighted by atomic mass is 9.77. The molecule has 0 spiro atoms. The Morgan fingerprint density at radius 1 is 0.846 bits per heavy atom. The Morgan fingerprint density at radius 3 is 2.19 bits per heavy atom. The van der Waals surface area contributed by atoms with E-state index in [1.54, 1.807) is 5.56 Å². The van der Waals surface area contributed by atoms with Crippen molar-refractivity contribution in [3.05, 3.63) is 64.7 Å². The van der Waals surface area contributed by atoms with Crippen LogP contribution in [-0.4, -0.2) is 0 Å². The number of nitrogen functional groups attached to an aromatic ring is 1. The molecule has 2 aromatic rings. The van der Waals surface area contributed by atoms with Gasteiger partial charge in [-0.25, -0.2) is 0 Å². The van der Waals surface area contributed by atoms with Crippen LogP contribution in [0.1, 0.15) is 87.0 Å². The van der Waals surface area contributed by atoms with Gasteiger partial charge in [0.1, 0.15) is 0 Å². The first-order valence-electron chi connectivity index (χ1n) is 10.7. The molecule has 140 valence electrons. The molecule has 0 saturated heterocycles. The molecule has 0 amide bonds. The third-order valence-electron chi connectivity index (χ3n) is 6.13. The van der Waals surface area contributed by atoms with Gasteiger partial charge < -0.3 is 5.73 Å². The summed E-state index contributed by atoms with van der Waals surface area (Å²) < 4.78 is 0. The lowest BCUT2D eigenvalue weighted by Gasteiger charge is -2.28. The Kier molecular flexibility index (Phi) is 6.77. The first-order valence-corrected chi connectivity index (χ1v) is 10.7. The molecule has 1 fully saturated rings. The highest BCUT2D eigenvalue weighted by Crippen LogP contribution is 2.37. The minimum Gasteiger partial charge on any atom is -0.399 e. The molecule has 3 rings (SSSR count). The third-order valence-corrected chi connectivity index (χ3v) is 6.13. The highest BCUT2D eigenvalue weighted by Gasteiger charge is 2.21. The highest BCUT2D eigenvalue weighted by molar-refractivity contribution is 5.49. The largest absolute Gasteiger partial charge is 0.399 e. The maximum Gasteiger partial charge on any atom is 0.0346 e. The zero-order valence-corrected chi connectivity index (χ0v) is 16.6. The Balaban J connectivity index is 1.61. The summed E-state index contributed by atoms with van der Waals surface area (Å²) in [6.07, 6.45) is 11.6. The molecule has 2 N–H and O–H groups in total. The van der Waals surface area contributed by atoms with Crippen LogP contribution in [0.3, 0.4) is 0 Å². The van der Waals surface area contributed by atoms with Gasteiger partial charge in [0.05, 0.1) is 0 Å². The van der Waals surface area contributed by atoms with Crippen LogP contribution in [0.2, 0.25) is 0 Å². The second-order valence-electron chi connectivity index (χ2n) is 8.21. The third kappa shape index (κ3) is 4.90. The van der Waals surface area contributed by atoms with Crippen LogP contribution in [-0.2, 0) is 12.8 Å². The summed E-state index contributed by atoms with van der Waals surface area (Å²) in [5.74, 6) is 1.77. The number of hydrogen-bond donors (Lipinski definition) is 1. The molecule has 1 heteroatoms. The SMILES string of the molecule is CCCc1cc(Cc2ccc(C3CCC(CCC)CC3)cc2)ccc1N. The van der Waals surface area contributed by atoms with Gasteiger partial charge in [0.15, 0.2) is 0 Å². The fourth-order valence-corrected chi connectivity index (χ4v) is 4.59. The Hall–Kier alpha value is -1.76. The first kappa shape index (κ1) is 19.0. The van der Waals surface area contributed by atoms with Crippen molar-refractivity contribution in [3.63, 3.8) is 0 Å². The van der Waals surface area contributed by atoms with E-state index >= 15 is 0 Å². The standard InChI is InChI=1S/C25H35N/c1-3-5-19-7-12-22(13-8-19)23-14-9-20(10-15-23)17-21-11-16-25(26)24(18-21)6-4-2/h9-11,14-16,18-19,22H,3-8,12-13,17,26H2,1-2H3. The Labute approximate surface area is 160 Å². The van der Waals surface area contributed by atoms with Crippen LogP contribution in [0.25, 0.3) is 0 Å². The van der Waals surface area contributed by atoms with Crippen molar-refractivity contribution < 1.29 is 0 Å². The molecular formula is C25H35N. The maximum atomic E-state index is 6.10. The van der Waals surface area contributed by atoms with Crippen molar-refractivity contribution in [2.75, 3.05) is 5.73 Å². The average Bonchev–Trinajstić information content (AvgIpc) is 2.66. The molecule has 2 aromatic carbocycles. The van der Waals surface area contributed by atoms with E-state index in [9.17, 15) is 0 Å².